The molecular weight excluding hydrogens is 411 g/mol. The molecule has 0 amide bonds. The molecule has 0 bridgehead atoms. The highest BCUT2D eigenvalue weighted by Crippen LogP contribution is 2.55. The normalized spacial score (nSPS) is 21.2. The number of nitrogen functional groups attached to an aromatic ring is 1. The molecule has 3 rings (SSSR count). The number of hydrogen-bond acceptors (Lipinski definition) is 9. The molecule has 12 heteroatoms. The molecular formula is C18H29N6O5P. The van der Waals surface area contributed by atoms with E-state index in [0.717, 1.165) is 0 Å². The molecule has 2 aromatic rings. The molecule has 1 aliphatic rings. The standard InChI is InChI=1S/C18H29N6O5P/c1-4-28-18(25)15(13(2)3)24-6-5-8-29-30(24,26)12-27-9-7-23-11-22-14-16(19)20-10-21-17(14)23/h10-11,13,15H,4-9,12H2,1-3H3,(H2,19,20,21)/t15-,30+/m0/s1. The van der Waals surface area contributed by atoms with Crippen LogP contribution < -0.4 is 5.73 Å². The number of ether oxygens (including phenoxy) is 2. The smallest absolute Gasteiger partial charge is 0.324 e. The number of carbonyl (C=O) groups excluding carboxylic acids is 1. The average molecular weight is 440 g/mol. The first-order valence-electron chi connectivity index (χ1n) is 10.0. The zero-order chi connectivity index (χ0) is 21.7. The lowest BCUT2D eigenvalue weighted by Crippen LogP contribution is -2.47. The maximum absolute atomic E-state index is 13.6. The van der Waals surface area contributed by atoms with E-state index < -0.39 is 13.6 Å². The van der Waals surface area contributed by atoms with Gasteiger partial charge in [-0.3, -0.25) is 9.36 Å². The quantitative estimate of drug-likeness (QED) is 0.350. The van der Waals surface area contributed by atoms with E-state index in [1.54, 1.807) is 22.5 Å². The Hall–Kier alpha value is -2.07. The first-order valence-corrected chi connectivity index (χ1v) is 11.8. The Morgan fingerprint density at radius 3 is 2.90 bits per heavy atom. The number of nitrogens with zero attached hydrogens (tertiary/aromatic N) is 5. The van der Waals surface area contributed by atoms with Crippen molar-refractivity contribution in [2.24, 2.45) is 5.92 Å². The fraction of sp³-hybridized carbons (Fsp3) is 0.667. The maximum Gasteiger partial charge on any atom is 0.324 e. The van der Waals surface area contributed by atoms with Gasteiger partial charge in [-0.15, -0.1) is 0 Å². The second-order valence-electron chi connectivity index (χ2n) is 7.33. The third-order valence-electron chi connectivity index (χ3n) is 4.86. The minimum Gasteiger partial charge on any atom is -0.465 e. The van der Waals surface area contributed by atoms with E-state index in [2.05, 4.69) is 15.0 Å². The second kappa shape index (κ2) is 9.82. The van der Waals surface area contributed by atoms with Crippen molar-refractivity contribution >= 4 is 30.5 Å². The van der Waals surface area contributed by atoms with E-state index in [0.29, 0.717) is 43.1 Å². The van der Waals surface area contributed by atoms with Gasteiger partial charge in [-0.05, 0) is 19.3 Å². The molecule has 1 saturated heterocycles. The number of nitrogens with two attached hydrogens (primary N) is 1. The minimum atomic E-state index is -3.33. The van der Waals surface area contributed by atoms with Gasteiger partial charge in [-0.2, -0.15) is 0 Å². The highest BCUT2D eigenvalue weighted by Gasteiger charge is 2.44. The number of fused-ring (bicyclic) bond motifs is 1. The van der Waals surface area contributed by atoms with E-state index in [1.165, 1.54) is 6.33 Å². The summed E-state index contributed by atoms with van der Waals surface area (Å²) in [6.45, 7) is 7.39. The van der Waals surface area contributed by atoms with Crippen molar-refractivity contribution in [3.8, 4) is 0 Å². The summed E-state index contributed by atoms with van der Waals surface area (Å²) in [5.74, 6) is -0.157. The van der Waals surface area contributed by atoms with Gasteiger partial charge >= 0.3 is 5.97 Å². The SMILES string of the molecule is CCOC(=O)[C@H](C(C)C)N1CCCO[P@]1(=O)COCCn1cnc2c(N)ncnc21. The number of hydrogen-bond donors (Lipinski definition) is 1. The van der Waals surface area contributed by atoms with Gasteiger partial charge in [0.2, 0.25) is 0 Å². The Kier molecular flexibility index (Phi) is 7.41. The Balaban J connectivity index is 1.65. The summed E-state index contributed by atoms with van der Waals surface area (Å²) in [5, 5.41) is 0. The van der Waals surface area contributed by atoms with Gasteiger partial charge in [0.25, 0.3) is 7.52 Å². The molecule has 1 aliphatic heterocycles. The molecule has 1 fully saturated rings. The summed E-state index contributed by atoms with van der Waals surface area (Å²) < 4.78 is 33.6. The number of imidazole rings is 1. The van der Waals surface area contributed by atoms with Crippen molar-refractivity contribution in [2.45, 2.75) is 39.8 Å². The van der Waals surface area contributed by atoms with Crippen LogP contribution in [0.15, 0.2) is 12.7 Å². The zero-order valence-corrected chi connectivity index (χ0v) is 18.5. The number of rotatable bonds is 9. The third kappa shape index (κ3) is 4.80. The summed E-state index contributed by atoms with van der Waals surface area (Å²) >= 11 is 0. The van der Waals surface area contributed by atoms with Crippen LogP contribution in [0.1, 0.15) is 27.2 Å². The van der Waals surface area contributed by atoms with E-state index in [-0.39, 0.29) is 31.4 Å². The van der Waals surface area contributed by atoms with Crippen LogP contribution >= 0.6 is 7.52 Å². The average Bonchev–Trinajstić information content (AvgIpc) is 3.12. The molecule has 0 aromatic carbocycles. The van der Waals surface area contributed by atoms with Gasteiger partial charge in [-0.25, -0.2) is 19.6 Å². The van der Waals surface area contributed by atoms with E-state index in [1.807, 2.05) is 13.8 Å². The summed E-state index contributed by atoms with van der Waals surface area (Å²) in [6, 6.07) is -0.642. The predicted octanol–water partition coefficient (Wildman–Crippen LogP) is 1.89. The maximum atomic E-state index is 13.6. The zero-order valence-electron chi connectivity index (χ0n) is 17.6. The van der Waals surface area contributed by atoms with Crippen LogP contribution in [0.4, 0.5) is 5.82 Å². The fourth-order valence-electron chi connectivity index (χ4n) is 3.47. The van der Waals surface area contributed by atoms with Gasteiger partial charge in [-0.1, -0.05) is 13.8 Å². The van der Waals surface area contributed by atoms with E-state index >= 15 is 0 Å². The lowest BCUT2D eigenvalue weighted by molar-refractivity contribution is -0.149. The fourth-order valence-corrected chi connectivity index (χ4v) is 5.80. The van der Waals surface area contributed by atoms with Gasteiger partial charge in [0, 0.05) is 13.1 Å². The molecule has 0 spiro atoms. The largest absolute Gasteiger partial charge is 0.465 e. The summed E-state index contributed by atoms with van der Waals surface area (Å²) in [6.07, 6.45) is 3.57. The number of carbonyl (C=O) groups is 1. The minimum absolute atomic E-state index is 0.0819. The Bertz CT molecular complexity index is 920. The highest BCUT2D eigenvalue weighted by atomic mass is 31.2. The van der Waals surface area contributed by atoms with Crippen LogP contribution in [0, 0.1) is 5.92 Å². The molecule has 2 N–H and O–H groups in total. The number of aromatic nitrogens is 4. The van der Waals surface area contributed by atoms with Crippen LogP contribution in [0.5, 0.6) is 0 Å². The van der Waals surface area contributed by atoms with Crippen LogP contribution in [0.25, 0.3) is 11.2 Å². The molecule has 0 saturated carbocycles. The molecule has 166 valence electrons. The number of anilines is 1. The lowest BCUT2D eigenvalue weighted by Gasteiger charge is -2.40. The van der Waals surface area contributed by atoms with Crippen molar-refractivity contribution in [1.29, 1.82) is 0 Å². The summed E-state index contributed by atoms with van der Waals surface area (Å²) in [4.78, 5) is 24.8. The predicted molar refractivity (Wildman–Crippen MR) is 111 cm³/mol. The topological polar surface area (TPSA) is 135 Å². The Morgan fingerprint density at radius 2 is 2.17 bits per heavy atom. The second-order valence-corrected chi connectivity index (χ2v) is 9.64. The molecule has 30 heavy (non-hydrogen) atoms. The van der Waals surface area contributed by atoms with Crippen LogP contribution in [-0.2, 0) is 29.9 Å². The molecule has 0 unspecified atom stereocenters. The van der Waals surface area contributed by atoms with Crippen LogP contribution in [0.3, 0.4) is 0 Å². The van der Waals surface area contributed by atoms with Crippen molar-refractivity contribution in [3.63, 3.8) is 0 Å². The lowest BCUT2D eigenvalue weighted by atomic mass is 10.0. The van der Waals surface area contributed by atoms with E-state index in [9.17, 15) is 9.36 Å². The van der Waals surface area contributed by atoms with Crippen LogP contribution in [-0.4, -0.2) is 68.9 Å². The summed E-state index contributed by atoms with van der Waals surface area (Å²) in [5.41, 5.74) is 6.93. The Labute approximate surface area is 175 Å². The first-order chi connectivity index (χ1) is 14.4. The van der Waals surface area contributed by atoms with Gasteiger partial charge in [0.15, 0.2) is 11.5 Å². The van der Waals surface area contributed by atoms with Gasteiger partial charge in [0.1, 0.15) is 24.2 Å². The van der Waals surface area contributed by atoms with Crippen molar-refractivity contribution in [2.75, 3.05) is 38.4 Å². The first kappa shape index (κ1) is 22.6. The molecule has 0 radical (unpaired) electrons. The molecule has 2 aromatic heterocycles. The van der Waals surface area contributed by atoms with Gasteiger partial charge in [0.05, 0.1) is 26.1 Å². The van der Waals surface area contributed by atoms with Crippen molar-refractivity contribution in [1.82, 2.24) is 24.2 Å². The van der Waals surface area contributed by atoms with Gasteiger partial charge < -0.3 is 24.3 Å². The highest BCUT2D eigenvalue weighted by molar-refractivity contribution is 7.56. The van der Waals surface area contributed by atoms with Crippen molar-refractivity contribution < 1.29 is 23.4 Å². The van der Waals surface area contributed by atoms with E-state index in [4.69, 9.17) is 19.7 Å². The third-order valence-corrected chi connectivity index (χ3v) is 7.18. The molecule has 11 nitrogen and oxygen atoms in total. The monoisotopic (exact) mass is 440 g/mol. The van der Waals surface area contributed by atoms with Crippen LogP contribution in [0.2, 0.25) is 0 Å². The Morgan fingerprint density at radius 1 is 1.37 bits per heavy atom. The molecule has 2 atom stereocenters. The molecule has 0 aliphatic carbocycles. The number of esters is 1. The molecule has 3 heterocycles. The van der Waals surface area contributed by atoms with Crippen molar-refractivity contribution in [3.05, 3.63) is 12.7 Å². The summed E-state index contributed by atoms with van der Waals surface area (Å²) in [7, 11) is -3.33.